The van der Waals surface area contributed by atoms with E-state index in [2.05, 4.69) is 12.1 Å². The molecule has 0 aliphatic carbocycles. The van der Waals surface area contributed by atoms with Gasteiger partial charge < -0.3 is 20.3 Å². The molecule has 3 rings (SSSR count). The number of ether oxygens (including phenoxy) is 2. The zero-order valence-electron chi connectivity index (χ0n) is 22.1. The molecule has 0 bridgehead atoms. The Balaban J connectivity index is 1.40. The molecule has 0 fully saturated rings. The van der Waals surface area contributed by atoms with Crippen LogP contribution in [-0.2, 0) is 17.0 Å². The van der Waals surface area contributed by atoms with Crippen molar-refractivity contribution in [2.45, 2.75) is 62.0 Å². The van der Waals surface area contributed by atoms with Crippen LogP contribution in [-0.4, -0.2) is 29.8 Å². The number of nitrogens with zero attached hydrogens (tertiary/aromatic N) is 1. The first-order valence-corrected chi connectivity index (χ1v) is 14.1. The maximum atomic E-state index is 10.9. The zero-order valence-corrected chi connectivity index (χ0v) is 22.9. The Labute approximate surface area is 230 Å². The quantitative estimate of drug-likeness (QED) is 0.106. The number of carboxylic acid groups (broad SMARTS) is 1. The Morgan fingerprint density at radius 3 is 2.50 bits per heavy atom. The van der Waals surface area contributed by atoms with Crippen LogP contribution in [0.25, 0.3) is 6.08 Å². The van der Waals surface area contributed by atoms with Gasteiger partial charge in [0.25, 0.3) is 0 Å². The lowest BCUT2D eigenvalue weighted by atomic mass is 10.0. The third-order valence-electron chi connectivity index (χ3n) is 6.03. The van der Waals surface area contributed by atoms with Crippen molar-refractivity contribution in [1.29, 1.82) is 0 Å². The number of aryl methyl sites for hydroxylation is 1. The fourth-order valence-electron chi connectivity index (χ4n) is 3.97. The third-order valence-corrected chi connectivity index (χ3v) is 7.06. The smallest absolute Gasteiger partial charge is 0.307 e. The second-order valence-electron chi connectivity index (χ2n) is 9.12. The first-order chi connectivity index (χ1) is 18.5. The first kappa shape index (κ1) is 29.1. The van der Waals surface area contributed by atoms with Gasteiger partial charge in [-0.05, 0) is 73.4 Å². The molecule has 38 heavy (non-hydrogen) atoms. The number of unbranched alkanes of at least 4 members (excludes halogenated alkanes) is 5. The summed E-state index contributed by atoms with van der Waals surface area (Å²) in [5, 5.41) is 8.98. The number of methoxy groups -OCH3 is 1. The second-order valence-corrected chi connectivity index (χ2v) is 10.2. The molecule has 0 amide bonds. The van der Waals surface area contributed by atoms with Gasteiger partial charge in [-0.25, -0.2) is 4.98 Å². The molecule has 1 heterocycles. The Hall–Kier alpha value is -3.45. The van der Waals surface area contributed by atoms with E-state index in [1.807, 2.05) is 48.5 Å². The number of carboxylic acids is 1. The van der Waals surface area contributed by atoms with Crippen LogP contribution >= 0.6 is 11.8 Å². The van der Waals surface area contributed by atoms with Crippen molar-refractivity contribution in [2.75, 3.05) is 19.5 Å². The maximum Gasteiger partial charge on any atom is 0.307 e. The molecule has 3 N–H and O–H groups in total. The van der Waals surface area contributed by atoms with E-state index in [9.17, 15) is 4.79 Å². The van der Waals surface area contributed by atoms with Gasteiger partial charge in [-0.1, -0.05) is 50.0 Å². The number of thioether (sulfide) groups is 1. The van der Waals surface area contributed by atoms with Crippen molar-refractivity contribution >= 4 is 29.5 Å². The SMILES string of the molecule is COc1ccc(CCCCCCCCOc2ccc(CSc3cccc(N)c3)nc2C=CCC(=O)O)cc1. The number of benzene rings is 2. The van der Waals surface area contributed by atoms with E-state index in [4.69, 9.17) is 25.3 Å². The average molecular weight is 535 g/mol. The number of hydrogen-bond acceptors (Lipinski definition) is 6. The highest BCUT2D eigenvalue weighted by Gasteiger charge is 2.07. The molecule has 0 atom stereocenters. The largest absolute Gasteiger partial charge is 0.497 e. The van der Waals surface area contributed by atoms with Crippen molar-refractivity contribution in [2.24, 2.45) is 0 Å². The summed E-state index contributed by atoms with van der Waals surface area (Å²) in [7, 11) is 1.69. The van der Waals surface area contributed by atoms with Crippen LogP contribution in [0.5, 0.6) is 11.5 Å². The minimum atomic E-state index is -0.874. The van der Waals surface area contributed by atoms with Crippen LogP contribution in [0.4, 0.5) is 5.69 Å². The number of hydrogen-bond donors (Lipinski definition) is 2. The van der Waals surface area contributed by atoms with Gasteiger partial charge in [0.2, 0.25) is 0 Å². The molecule has 0 saturated carbocycles. The molecule has 0 saturated heterocycles. The van der Waals surface area contributed by atoms with Crippen LogP contribution in [0.3, 0.4) is 0 Å². The molecule has 0 spiro atoms. The molecule has 0 unspecified atom stereocenters. The average Bonchev–Trinajstić information content (AvgIpc) is 2.92. The van der Waals surface area contributed by atoms with E-state index in [-0.39, 0.29) is 6.42 Å². The van der Waals surface area contributed by atoms with Gasteiger partial charge in [0.05, 0.1) is 25.8 Å². The summed E-state index contributed by atoms with van der Waals surface area (Å²) in [6.45, 7) is 0.616. The van der Waals surface area contributed by atoms with E-state index in [0.717, 1.165) is 41.3 Å². The summed E-state index contributed by atoms with van der Waals surface area (Å²) in [6, 6.07) is 20.0. The molecule has 7 heteroatoms. The summed E-state index contributed by atoms with van der Waals surface area (Å²) in [5.41, 5.74) is 9.52. The van der Waals surface area contributed by atoms with Gasteiger partial charge in [0.1, 0.15) is 17.2 Å². The van der Waals surface area contributed by atoms with Crippen LogP contribution < -0.4 is 15.2 Å². The summed E-state index contributed by atoms with van der Waals surface area (Å²) in [5.74, 6) is 1.39. The molecule has 6 nitrogen and oxygen atoms in total. The highest BCUT2D eigenvalue weighted by atomic mass is 32.2. The lowest BCUT2D eigenvalue weighted by Crippen LogP contribution is -2.02. The Morgan fingerprint density at radius 2 is 1.76 bits per heavy atom. The lowest BCUT2D eigenvalue weighted by Gasteiger charge is -2.11. The number of nitrogen functional groups attached to an aromatic ring is 1. The predicted molar refractivity (Wildman–Crippen MR) is 156 cm³/mol. The minimum absolute atomic E-state index is 0.0537. The number of aromatic nitrogens is 1. The van der Waals surface area contributed by atoms with Gasteiger partial charge in [-0.3, -0.25) is 4.79 Å². The Kier molecular flexibility index (Phi) is 12.6. The van der Waals surface area contributed by atoms with Gasteiger partial charge in [-0.2, -0.15) is 0 Å². The van der Waals surface area contributed by atoms with E-state index >= 15 is 0 Å². The Morgan fingerprint density at radius 1 is 1.00 bits per heavy atom. The number of rotatable bonds is 17. The molecule has 2 aromatic carbocycles. The molecule has 0 aliphatic rings. The van der Waals surface area contributed by atoms with Crippen LogP contribution in [0, 0.1) is 0 Å². The highest BCUT2D eigenvalue weighted by molar-refractivity contribution is 7.98. The van der Waals surface area contributed by atoms with Gasteiger partial charge in [-0.15, -0.1) is 11.8 Å². The van der Waals surface area contributed by atoms with E-state index in [0.29, 0.717) is 23.8 Å². The predicted octanol–water partition coefficient (Wildman–Crippen LogP) is 7.41. The molecular weight excluding hydrogens is 496 g/mol. The summed E-state index contributed by atoms with van der Waals surface area (Å²) < 4.78 is 11.2. The number of anilines is 1. The number of carbonyl (C=O) groups is 1. The zero-order chi connectivity index (χ0) is 27.0. The van der Waals surface area contributed by atoms with Crippen LogP contribution in [0.2, 0.25) is 0 Å². The van der Waals surface area contributed by atoms with Crippen molar-refractivity contribution in [1.82, 2.24) is 4.98 Å². The summed E-state index contributed by atoms with van der Waals surface area (Å²) >= 11 is 1.66. The Bertz CT molecular complexity index is 1160. The monoisotopic (exact) mass is 534 g/mol. The molecule has 0 aliphatic heterocycles. The second kappa shape index (κ2) is 16.4. The van der Waals surface area contributed by atoms with Crippen molar-refractivity contribution < 1.29 is 19.4 Å². The minimum Gasteiger partial charge on any atom is -0.497 e. The first-order valence-electron chi connectivity index (χ1n) is 13.2. The van der Waals surface area contributed by atoms with Gasteiger partial charge in [0.15, 0.2) is 0 Å². The summed E-state index contributed by atoms with van der Waals surface area (Å²) in [6.07, 6.45) is 11.3. The summed E-state index contributed by atoms with van der Waals surface area (Å²) in [4.78, 5) is 16.7. The number of nitrogens with two attached hydrogens (primary N) is 1. The van der Waals surface area contributed by atoms with Crippen molar-refractivity contribution in [3.05, 3.63) is 83.7 Å². The fraction of sp³-hybridized carbons (Fsp3) is 0.355. The van der Waals surface area contributed by atoms with Crippen molar-refractivity contribution in [3.8, 4) is 11.5 Å². The molecule has 3 aromatic rings. The van der Waals surface area contributed by atoms with Crippen LogP contribution in [0.1, 0.15) is 61.9 Å². The molecular formula is C31H38N2O4S. The molecule has 202 valence electrons. The van der Waals surface area contributed by atoms with Crippen LogP contribution in [0.15, 0.2) is 71.6 Å². The lowest BCUT2D eigenvalue weighted by molar-refractivity contribution is -0.135. The normalized spacial score (nSPS) is 11.1. The fourth-order valence-corrected chi connectivity index (χ4v) is 4.84. The molecule has 0 radical (unpaired) electrons. The number of pyridine rings is 1. The highest BCUT2D eigenvalue weighted by Crippen LogP contribution is 2.26. The standard InChI is InChI=1S/C31H38N2O4S/c1-36-27-18-15-24(16-19-27)10-6-4-2-3-5-7-21-37-30-20-17-26(33-29(30)13-9-14-31(34)35)23-38-28-12-8-11-25(32)22-28/h8-9,11-13,15-20,22H,2-7,10,14,21,23,32H2,1H3,(H,34,35). The topological polar surface area (TPSA) is 94.7 Å². The van der Waals surface area contributed by atoms with E-state index < -0.39 is 5.97 Å². The van der Waals surface area contributed by atoms with E-state index in [1.54, 1.807) is 31.0 Å². The van der Waals surface area contributed by atoms with Crippen molar-refractivity contribution in [3.63, 3.8) is 0 Å². The maximum absolute atomic E-state index is 10.9. The molecule has 1 aromatic heterocycles. The number of aliphatic carboxylic acids is 1. The van der Waals surface area contributed by atoms with E-state index in [1.165, 1.54) is 31.2 Å². The van der Waals surface area contributed by atoms with Gasteiger partial charge in [0, 0.05) is 16.3 Å². The van der Waals surface area contributed by atoms with Gasteiger partial charge >= 0.3 is 5.97 Å². The third kappa shape index (κ3) is 10.9.